The normalized spacial score (nSPS) is 18.3. The molecule has 0 bridgehead atoms. The Labute approximate surface area is 156 Å². The molecule has 0 radical (unpaired) electrons. The molecular formula is C19H20Cl2N4. The highest BCUT2D eigenvalue weighted by atomic mass is 35.5. The van der Waals surface area contributed by atoms with E-state index in [2.05, 4.69) is 16.1 Å². The lowest BCUT2D eigenvalue weighted by atomic mass is 9.87. The first kappa shape index (κ1) is 17.8. The predicted octanol–water partition coefficient (Wildman–Crippen LogP) is 4.66. The summed E-state index contributed by atoms with van der Waals surface area (Å²) in [6, 6.07) is 5.88. The van der Waals surface area contributed by atoms with E-state index < -0.39 is 0 Å². The molecule has 0 amide bonds. The monoisotopic (exact) mass is 374 g/mol. The van der Waals surface area contributed by atoms with Crippen LogP contribution in [-0.4, -0.2) is 17.7 Å². The number of allylic oxidation sites excluding steroid dienone is 4. The lowest BCUT2D eigenvalue weighted by molar-refractivity contribution is 0.607. The number of aromatic nitrogens is 1. The molecular weight excluding hydrogens is 355 g/mol. The maximum atomic E-state index is 6.18. The third kappa shape index (κ3) is 3.98. The van der Waals surface area contributed by atoms with E-state index in [0.717, 1.165) is 35.0 Å². The summed E-state index contributed by atoms with van der Waals surface area (Å²) in [5, 5.41) is 2.34. The molecule has 130 valence electrons. The van der Waals surface area contributed by atoms with Gasteiger partial charge in [-0.3, -0.25) is 4.99 Å². The van der Waals surface area contributed by atoms with Gasteiger partial charge in [0.1, 0.15) is 0 Å². The summed E-state index contributed by atoms with van der Waals surface area (Å²) in [5.74, 6) is 0.301. The Morgan fingerprint density at radius 1 is 1.40 bits per heavy atom. The molecule has 1 aromatic heterocycles. The lowest BCUT2D eigenvalue weighted by Crippen LogP contribution is -2.12. The fourth-order valence-corrected chi connectivity index (χ4v) is 3.43. The largest absolute Gasteiger partial charge is 0.405 e. The standard InChI is InChI=1S/C19H20Cl2N4/c20-13-3-4-18-16(9-13)17-10-15(24-11-14(21)2-1-6-22)8-12(5-7-23)19(17)25-18/h1-4,6,9-12,25H,5,7-8,22-23H2/b6-1+,14-2+,24-11?. The van der Waals surface area contributed by atoms with Crippen molar-refractivity contribution in [3.05, 3.63) is 63.6 Å². The van der Waals surface area contributed by atoms with E-state index >= 15 is 0 Å². The molecule has 25 heavy (non-hydrogen) atoms. The Hall–Kier alpha value is -2.01. The number of aliphatic imine (C=N–C) groups is 1. The van der Waals surface area contributed by atoms with Gasteiger partial charge in [-0.15, -0.1) is 0 Å². The zero-order chi connectivity index (χ0) is 17.8. The lowest BCUT2D eigenvalue weighted by Gasteiger charge is -2.21. The van der Waals surface area contributed by atoms with Crippen molar-refractivity contribution in [2.75, 3.05) is 6.54 Å². The second-order valence-electron chi connectivity index (χ2n) is 5.95. The molecule has 0 fully saturated rings. The second kappa shape index (κ2) is 7.91. The number of halogens is 2. The van der Waals surface area contributed by atoms with Crippen molar-refractivity contribution in [2.45, 2.75) is 18.8 Å². The van der Waals surface area contributed by atoms with Gasteiger partial charge >= 0.3 is 0 Å². The van der Waals surface area contributed by atoms with Crippen LogP contribution in [-0.2, 0) is 0 Å². The van der Waals surface area contributed by atoms with Gasteiger partial charge in [0.05, 0.1) is 5.03 Å². The fourth-order valence-electron chi connectivity index (χ4n) is 3.14. The molecule has 0 saturated carbocycles. The highest BCUT2D eigenvalue weighted by Gasteiger charge is 2.24. The number of hydrogen-bond acceptors (Lipinski definition) is 3. The minimum absolute atomic E-state index is 0.301. The predicted molar refractivity (Wildman–Crippen MR) is 108 cm³/mol. The fraction of sp³-hybridized carbons (Fsp3) is 0.211. The van der Waals surface area contributed by atoms with E-state index in [4.69, 9.17) is 34.7 Å². The Morgan fingerprint density at radius 2 is 2.24 bits per heavy atom. The van der Waals surface area contributed by atoms with Crippen LogP contribution >= 0.6 is 23.2 Å². The van der Waals surface area contributed by atoms with Crippen molar-refractivity contribution >= 4 is 46.4 Å². The number of nitrogens with two attached hydrogens (primary N) is 2. The number of rotatable bonds is 5. The van der Waals surface area contributed by atoms with Crippen LogP contribution in [0.1, 0.15) is 30.0 Å². The van der Waals surface area contributed by atoms with Crippen molar-refractivity contribution in [3.8, 4) is 0 Å². The van der Waals surface area contributed by atoms with Gasteiger partial charge in [0.25, 0.3) is 0 Å². The van der Waals surface area contributed by atoms with Gasteiger partial charge < -0.3 is 16.5 Å². The number of nitrogens with one attached hydrogen (secondary N) is 1. The average molecular weight is 375 g/mol. The second-order valence-corrected chi connectivity index (χ2v) is 6.82. The summed E-state index contributed by atoms with van der Waals surface area (Å²) in [5.41, 5.74) is 15.5. The summed E-state index contributed by atoms with van der Waals surface area (Å²) in [7, 11) is 0. The van der Waals surface area contributed by atoms with Gasteiger partial charge in [-0.05, 0) is 62.0 Å². The summed E-state index contributed by atoms with van der Waals surface area (Å²) in [4.78, 5) is 8.07. The molecule has 0 spiro atoms. The van der Waals surface area contributed by atoms with Crippen molar-refractivity contribution in [2.24, 2.45) is 16.5 Å². The number of H-pyrrole nitrogens is 1. The molecule has 4 nitrogen and oxygen atoms in total. The van der Waals surface area contributed by atoms with E-state index in [1.165, 1.54) is 11.9 Å². The first-order valence-electron chi connectivity index (χ1n) is 8.12. The Bertz CT molecular complexity index is 890. The topological polar surface area (TPSA) is 80.2 Å². The molecule has 3 rings (SSSR count). The van der Waals surface area contributed by atoms with Gasteiger partial charge in [0.2, 0.25) is 0 Å². The quantitative estimate of drug-likeness (QED) is 0.525. The van der Waals surface area contributed by atoms with E-state index in [9.17, 15) is 0 Å². The highest BCUT2D eigenvalue weighted by molar-refractivity contribution is 6.39. The SMILES string of the molecule is N/C=C/C=C(/Cl)C=NC1=Cc2c([nH]c3ccc(Cl)cc23)C(CCN)C1. The van der Waals surface area contributed by atoms with Crippen LogP contribution in [0.2, 0.25) is 5.02 Å². The Balaban J connectivity index is 2.02. The first-order valence-corrected chi connectivity index (χ1v) is 8.88. The maximum absolute atomic E-state index is 6.18. The average Bonchev–Trinajstić information content (AvgIpc) is 2.96. The van der Waals surface area contributed by atoms with Crippen molar-refractivity contribution in [1.82, 2.24) is 4.98 Å². The van der Waals surface area contributed by atoms with Gasteiger partial charge in [-0.25, -0.2) is 0 Å². The molecule has 1 aliphatic rings. The zero-order valence-electron chi connectivity index (χ0n) is 13.7. The van der Waals surface area contributed by atoms with E-state index in [0.29, 0.717) is 22.5 Å². The minimum atomic E-state index is 0.301. The van der Waals surface area contributed by atoms with Crippen LogP contribution in [0.15, 0.2) is 52.3 Å². The van der Waals surface area contributed by atoms with Gasteiger partial charge in [-0.2, -0.15) is 0 Å². The molecule has 5 N–H and O–H groups in total. The van der Waals surface area contributed by atoms with E-state index in [-0.39, 0.29) is 0 Å². The molecule has 1 aromatic carbocycles. The van der Waals surface area contributed by atoms with Gasteiger partial charge in [0, 0.05) is 45.0 Å². The van der Waals surface area contributed by atoms with Crippen molar-refractivity contribution in [3.63, 3.8) is 0 Å². The minimum Gasteiger partial charge on any atom is -0.405 e. The third-order valence-corrected chi connectivity index (χ3v) is 4.70. The van der Waals surface area contributed by atoms with Gasteiger partial charge in [-0.1, -0.05) is 23.2 Å². The molecule has 1 aliphatic carbocycles. The smallest absolute Gasteiger partial charge is 0.0589 e. The Kier molecular flexibility index (Phi) is 5.63. The number of fused-ring (bicyclic) bond motifs is 3. The van der Waals surface area contributed by atoms with Crippen molar-refractivity contribution < 1.29 is 0 Å². The van der Waals surface area contributed by atoms with Crippen LogP contribution in [0.25, 0.3) is 17.0 Å². The number of hydrogen-bond donors (Lipinski definition) is 3. The van der Waals surface area contributed by atoms with E-state index in [1.807, 2.05) is 18.2 Å². The third-order valence-electron chi connectivity index (χ3n) is 4.24. The molecule has 2 aromatic rings. The summed E-state index contributed by atoms with van der Waals surface area (Å²) in [6.45, 7) is 0.624. The summed E-state index contributed by atoms with van der Waals surface area (Å²) < 4.78 is 0. The number of nitrogens with zero attached hydrogens (tertiary/aromatic N) is 1. The summed E-state index contributed by atoms with van der Waals surface area (Å²) >= 11 is 12.3. The Morgan fingerprint density at radius 3 is 3.00 bits per heavy atom. The summed E-state index contributed by atoms with van der Waals surface area (Å²) in [6.07, 6.45) is 10.2. The molecule has 6 heteroatoms. The number of aromatic amines is 1. The van der Waals surface area contributed by atoms with Crippen LogP contribution in [0.5, 0.6) is 0 Å². The molecule has 0 aliphatic heterocycles. The molecule has 1 atom stereocenters. The van der Waals surface area contributed by atoms with Crippen LogP contribution in [0.4, 0.5) is 0 Å². The van der Waals surface area contributed by atoms with Crippen LogP contribution in [0.3, 0.4) is 0 Å². The number of benzene rings is 1. The zero-order valence-corrected chi connectivity index (χ0v) is 15.2. The van der Waals surface area contributed by atoms with Crippen LogP contribution < -0.4 is 11.5 Å². The van der Waals surface area contributed by atoms with Crippen LogP contribution in [0, 0.1) is 0 Å². The highest BCUT2D eigenvalue weighted by Crippen LogP contribution is 2.40. The van der Waals surface area contributed by atoms with E-state index in [1.54, 1.807) is 18.4 Å². The first-order chi connectivity index (χ1) is 12.1. The maximum Gasteiger partial charge on any atom is 0.0589 e. The molecule has 1 heterocycles. The molecule has 1 unspecified atom stereocenters. The van der Waals surface area contributed by atoms with Gasteiger partial charge in [0.15, 0.2) is 0 Å². The molecule has 0 saturated heterocycles. The van der Waals surface area contributed by atoms with Crippen molar-refractivity contribution in [1.29, 1.82) is 0 Å².